The molecule has 1 nitrogen and oxygen atoms in total. The second-order valence-electron chi connectivity index (χ2n) is 10.4. The van der Waals surface area contributed by atoms with Gasteiger partial charge in [0.15, 0.2) is 0 Å². The first kappa shape index (κ1) is 22.8. The Hall–Kier alpha value is -5.14. The SMILES string of the molecule is C(=C\c1c2ccccc2c(-c2ccccc2)c2c1ccc1ccccc12)/Cc1cccc2c1oc1ccccc12. The molecule has 0 saturated carbocycles. The third kappa shape index (κ3) is 3.56. The summed E-state index contributed by atoms with van der Waals surface area (Å²) in [5.74, 6) is 0. The molecule has 188 valence electrons. The Kier molecular flexibility index (Phi) is 5.28. The number of furan rings is 1. The molecule has 7 aromatic carbocycles. The van der Waals surface area contributed by atoms with Gasteiger partial charge in [0.25, 0.3) is 0 Å². The van der Waals surface area contributed by atoms with E-state index in [9.17, 15) is 0 Å². The van der Waals surface area contributed by atoms with Crippen molar-refractivity contribution in [1.29, 1.82) is 0 Å². The lowest BCUT2D eigenvalue weighted by Crippen LogP contribution is -1.91. The van der Waals surface area contributed by atoms with Gasteiger partial charge in [-0.3, -0.25) is 0 Å². The maximum absolute atomic E-state index is 6.31. The molecule has 0 saturated heterocycles. The Morgan fingerprint density at radius 1 is 0.500 bits per heavy atom. The third-order valence-electron chi connectivity index (χ3n) is 8.13. The van der Waals surface area contributed by atoms with Crippen molar-refractivity contribution in [2.24, 2.45) is 0 Å². The van der Waals surface area contributed by atoms with Gasteiger partial charge in [-0.1, -0.05) is 140 Å². The molecule has 8 aromatic rings. The molecule has 0 atom stereocenters. The lowest BCUT2D eigenvalue weighted by Gasteiger charge is -2.17. The van der Waals surface area contributed by atoms with Gasteiger partial charge in [0.1, 0.15) is 11.2 Å². The van der Waals surface area contributed by atoms with Crippen molar-refractivity contribution in [2.45, 2.75) is 6.42 Å². The normalized spacial score (nSPS) is 12.0. The molecule has 0 fully saturated rings. The largest absolute Gasteiger partial charge is 0.456 e. The van der Waals surface area contributed by atoms with Crippen LogP contribution < -0.4 is 0 Å². The number of benzene rings is 7. The summed E-state index contributed by atoms with van der Waals surface area (Å²) in [7, 11) is 0. The lowest BCUT2D eigenvalue weighted by atomic mass is 9.86. The Morgan fingerprint density at radius 3 is 2.08 bits per heavy atom. The summed E-state index contributed by atoms with van der Waals surface area (Å²) in [6, 6.07) is 47.7. The fourth-order valence-corrected chi connectivity index (χ4v) is 6.34. The Balaban J connectivity index is 1.36. The minimum absolute atomic E-state index is 0.793. The predicted octanol–water partition coefficient (Wildman–Crippen LogP) is 11.0. The second kappa shape index (κ2) is 9.25. The summed E-state index contributed by atoms with van der Waals surface area (Å²) in [5, 5.41) is 10.0. The number of para-hydroxylation sites is 2. The van der Waals surface area contributed by atoms with Gasteiger partial charge in [-0.2, -0.15) is 0 Å². The van der Waals surface area contributed by atoms with Crippen LogP contribution in [0, 0.1) is 0 Å². The maximum atomic E-state index is 6.31. The molecule has 0 aliphatic heterocycles. The Labute approximate surface area is 232 Å². The molecule has 1 heterocycles. The molecule has 1 aromatic heterocycles. The summed E-state index contributed by atoms with van der Waals surface area (Å²) in [6.07, 6.45) is 5.40. The van der Waals surface area contributed by atoms with E-state index in [1.165, 1.54) is 65.3 Å². The van der Waals surface area contributed by atoms with Crippen molar-refractivity contribution >= 4 is 60.3 Å². The molecule has 0 unspecified atom stereocenters. The predicted molar refractivity (Wildman–Crippen MR) is 171 cm³/mol. The average molecular weight is 511 g/mol. The molecule has 8 rings (SSSR count). The van der Waals surface area contributed by atoms with Crippen molar-refractivity contribution < 1.29 is 4.42 Å². The van der Waals surface area contributed by atoms with Crippen LogP contribution in [-0.2, 0) is 6.42 Å². The van der Waals surface area contributed by atoms with E-state index in [-0.39, 0.29) is 0 Å². The molecule has 0 aliphatic rings. The van der Waals surface area contributed by atoms with Crippen molar-refractivity contribution in [3.05, 3.63) is 151 Å². The highest BCUT2D eigenvalue weighted by Crippen LogP contribution is 2.43. The van der Waals surface area contributed by atoms with Crippen molar-refractivity contribution in [3.63, 3.8) is 0 Å². The van der Waals surface area contributed by atoms with Crippen molar-refractivity contribution in [2.75, 3.05) is 0 Å². The van der Waals surface area contributed by atoms with Gasteiger partial charge in [0, 0.05) is 10.8 Å². The molecule has 1 heteroatoms. The van der Waals surface area contributed by atoms with Crippen LogP contribution in [0.25, 0.3) is 71.5 Å². The number of fused-ring (bicyclic) bond motifs is 7. The molecule has 0 spiro atoms. The zero-order valence-electron chi connectivity index (χ0n) is 22.0. The van der Waals surface area contributed by atoms with E-state index in [1.807, 2.05) is 12.1 Å². The zero-order chi connectivity index (χ0) is 26.5. The fourth-order valence-electron chi connectivity index (χ4n) is 6.34. The van der Waals surface area contributed by atoms with Gasteiger partial charge < -0.3 is 4.42 Å². The first-order chi connectivity index (χ1) is 19.9. The zero-order valence-corrected chi connectivity index (χ0v) is 22.0. The topological polar surface area (TPSA) is 13.1 Å². The van der Waals surface area contributed by atoms with Crippen LogP contribution >= 0.6 is 0 Å². The highest BCUT2D eigenvalue weighted by Gasteiger charge is 2.16. The van der Waals surface area contributed by atoms with E-state index in [2.05, 4.69) is 133 Å². The van der Waals surface area contributed by atoms with E-state index in [0.717, 1.165) is 17.6 Å². The second-order valence-corrected chi connectivity index (χ2v) is 10.4. The average Bonchev–Trinajstić information content (AvgIpc) is 3.41. The highest BCUT2D eigenvalue weighted by atomic mass is 16.3. The van der Waals surface area contributed by atoms with Crippen LogP contribution in [0.1, 0.15) is 11.1 Å². The summed E-state index contributed by atoms with van der Waals surface area (Å²) in [6.45, 7) is 0. The lowest BCUT2D eigenvalue weighted by molar-refractivity contribution is 0.664. The first-order valence-electron chi connectivity index (χ1n) is 13.8. The number of hydrogen-bond acceptors (Lipinski definition) is 1. The van der Waals surface area contributed by atoms with Gasteiger partial charge in [-0.25, -0.2) is 0 Å². The van der Waals surface area contributed by atoms with E-state index in [0.29, 0.717) is 0 Å². The molecule has 0 N–H and O–H groups in total. The smallest absolute Gasteiger partial charge is 0.138 e. The molecule has 0 radical (unpaired) electrons. The maximum Gasteiger partial charge on any atom is 0.138 e. The van der Waals surface area contributed by atoms with Gasteiger partial charge in [-0.15, -0.1) is 0 Å². The highest BCUT2D eigenvalue weighted by molar-refractivity contribution is 6.25. The van der Waals surface area contributed by atoms with Crippen LogP contribution in [0.4, 0.5) is 0 Å². The molecule has 0 bridgehead atoms. The molecular formula is C39H26O. The molecule has 0 aliphatic carbocycles. The van der Waals surface area contributed by atoms with Gasteiger partial charge in [0.05, 0.1) is 0 Å². The molecule has 0 amide bonds. The molecule has 40 heavy (non-hydrogen) atoms. The number of hydrogen-bond donors (Lipinski definition) is 0. The monoisotopic (exact) mass is 510 g/mol. The Bertz CT molecular complexity index is 2230. The van der Waals surface area contributed by atoms with E-state index in [4.69, 9.17) is 4.42 Å². The van der Waals surface area contributed by atoms with Gasteiger partial charge in [0.2, 0.25) is 0 Å². The van der Waals surface area contributed by atoms with E-state index in [1.54, 1.807) is 0 Å². The minimum atomic E-state index is 0.793. The summed E-state index contributed by atoms with van der Waals surface area (Å²) in [4.78, 5) is 0. The van der Waals surface area contributed by atoms with Crippen molar-refractivity contribution in [1.82, 2.24) is 0 Å². The van der Waals surface area contributed by atoms with Crippen LogP contribution in [0.15, 0.2) is 144 Å². The van der Waals surface area contributed by atoms with Crippen LogP contribution in [-0.4, -0.2) is 0 Å². The van der Waals surface area contributed by atoms with Crippen LogP contribution in [0.2, 0.25) is 0 Å². The summed E-state index contributed by atoms with van der Waals surface area (Å²) < 4.78 is 6.31. The van der Waals surface area contributed by atoms with E-state index < -0.39 is 0 Å². The van der Waals surface area contributed by atoms with Crippen molar-refractivity contribution in [3.8, 4) is 11.1 Å². The van der Waals surface area contributed by atoms with Crippen LogP contribution in [0.5, 0.6) is 0 Å². The summed E-state index contributed by atoms with van der Waals surface area (Å²) in [5.41, 5.74) is 6.92. The van der Waals surface area contributed by atoms with Crippen LogP contribution in [0.3, 0.4) is 0 Å². The van der Waals surface area contributed by atoms with Gasteiger partial charge >= 0.3 is 0 Å². The quantitative estimate of drug-likeness (QED) is 0.169. The standard InChI is InChI=1S/C39H26O/c1-2-13-27(14-3-1)37-33-20-7-6-18-30(33)31(34-25-24-26-12-4-5-17-29(26)38(34)37)21-10-15-28-16-11-22-35-32-19-8-9-23-36(32)40-39(28)35/h1-14,16-25H,15H2/b21-10+. The van der Waals surface area contributed by atoms with E-state index >= 15 is 0 Å². The number of rotatable bonds is 4. The Morgan fingerprint density at radius 2 is 1.20 bits per heavy atom. The molecular weight excluding hydrogens is 484 g/mol. The number of allylic oxidation sites excluding steroid dienone is 1. The first-order valence-corrected chi connectivity index (χ1v) is 13.8. The minimum Gasteiger partial charge on any atom is -0.456 e. The fraction of sp³-hybridized carbons (Fsp3) is 0.0256. The van der Waals surface area contributed by atoms with Gasteiger partial charge in [-0.05, 0) is 67.1 Å². The third-order valence-corrected chi connectivity index (χ3v) is 8.13. The summed E-state index contributed by atoms with van der Waals surface area (Å²) >= 11 is 0.